The van der Waals surface area contributed by atoms with Crippen LogP contribution in [0.3, 0.4) is 0 Å². The van der Waals surface area contributed by atoms with Gasteiger partial charge in [-0.2, -0.15) is 11.3 Å². The van der Waals surface area contributed by atoms with Crippen molar-refractivity contribution >= 4 is 38.8 Å². The van der Waals surface area contributed by atoms with Crippen LogP contribution in [-0.2, 0) is 14.8 Å². The molecule has 4 rings (SSSR count). The van der Waals surface area contributed by atoms with Gasteiger partial charge in [-0.05, 0) is 65.1 Å². The summed E-state index contributed by atoms with van der Waals surface area (Å²) in [5.41, 5.74) is 3.65. The Morgan fingerprint density at radius 2 is 1.87 bits per heavy atom. The number of aliphatic imine (C=N–C) groups is 1. The Balaban J connectivity index is 1.21. The number of anilines is 1. The molecule has 31 heavy (non-hydrogen) atoms. The number of unbranched alkanes of at least 4 members (excludes halogenated alkanes) is 2. The lowest BCUT2D eigenvalue weighted by atomic mass is 10.1. The maximum absolute atomic E-state index is 12.2. The quantitative estimate of drug-likeness (QED) is 0.487. The molecule has 0 unspecified atom stereocenters. The Morgan fingerprint density at radius 3 is 2.71 bits per heavy atom. The molecule has 0 aliphatic carbocycles. The highest BCUT2D eigenvalue weighted by Crippen LogP contribution is 2.25. The van der Waals surface area contributed by atoms with Crippen LogP contribution in [0.4, 0.5) is 5.69 Å². The van der Waals surface area contributed by atoms with Gasteiger partial charge in [-0.1, -0.05) is 30.7 Å². The van der Waals surface area contributed by atoms with E-state index in [1.54, 1.807) is 35.6 Å². The molecule has 1 amide bonds. The van der Waals surface area contributed by atoms with Crippen LogP contribution in [0, 0.1) is 0 Å². The predicted molar refractivity (Wildman–Crippen MR) is 125 cm³/mol. The molecular weight excluding hydrogens is 430 g/mol. The van der Waals surface area contributed by atoms with E-state index in [-0.39, 0.29) is 10.8 Å². The van der Waals surface area contributed by atoms with E-state index in [2.05, 4.69) is 26.5 Å². The monoisotopic (exact) mass is 453 g/mol. The van der Waals surface area contributed by atoms with E-state index in [4.69, 9.17) is 0 Å². The number of carbonyl (C=O) groups is 1. The molecule has 2 heterocycles. The van der Waals surface area contributed by atoms with Gasteiger partial charge in [-0.25, -0.2) is 8.42 Å². The number of nitrogens with zero attached hydrogens (tertiary/aromatic N) is 1. The number of amides is 1. The van der Waals surface area contributed by atoms with E-state index < -0.39 is 10.0 Å². The smallest absolute Gasteiger partial charge is 0.263 e. The Morgan fingerprint density at radius 1 is 1.00 bits per heavy atom. The summed E-state index contributed by atoms with van der Waals surface area (Å²) < 4.78 is 26.7. The van der Waals surface area contributed by atoms with E-state index in [1.807, 2.05) is 29.6 Å². The van der Waals surface area contributed by atoms with Crippen molar-refractivity contribution in [3.8, 4) is 11.1 Å². The van der Waals surface area contributed by atoms with Crippen molar-refractivity contribution < 1.29 is 13.2 Å². The number of nitrogens with one attached hydrogen (secondary N) is 2. The van der Waals surface area contributed by atoms with Crippen LogP contribution in [0.2, 0.25) is 0 Å². The Kier molecular flexibility index (Phi) is 6.48. The average Bonchev–Trinajstić information content (AvgIpc) is 3.38. The first kappa shape index (κ1) is 21.3. The minimum absolute atomic E-state index is 0.00809. The molecular formula is C23H23N3O3S2. The lowest BCUT2D eigenvalue weighted by molar-refractivity contribution is -0.116. The van der Waals surface area contributed by atoms with Crippen LogP contribution in [-0.4, -0.2) is 26.7 Å². The van der Waals surface area contributed by atoms with Crippen molar-refractivity contribution in [3.05, 3.63) is 70.9 Å². The van der Waals surface area contributed by atoms with E-state index in [0.29, 0.717) is 24.4 Å². The van der Waals surface area contributed by atoms with Gasteiger partial charge in [0.05, 0.1) is 4.90 Å². The zero-order chi connectivity index (χ0) is 21.7. The third-order valence-electron chi connectivity index (χ3n) is 5.00. The van der Waals surface area contributed by atoms with E-state index in [9.17, 15) is 13.2 Å². The third-order valence-corrected chi connectivity index (χ3v) is 7.08. The molecule has 8 heteroatoms. The third kappa shape index (κ3) is 5.21. The molecule has 0 bridgehead atoms. The first-order valence-electron chi connectivity index (χ1n) is 10.1. The summed E-state index contributed by atoms with van der Waals surface area (Å²) in [7, 11) is -3.49. The summed E-state index contributed by atoms with van der Waals surface area (Å²) in [5, 5.41) is 7.08. The second-order valence-corrected chi connectivity index (χ2v) is 9.71. The van der Waals surface area contributed by atoms with Crippen molar-refractivity contribution in [1.82, 2.24) is 4.72 Å². The van der Waals surface area contributed by atoms with Gasteiger partial charge in [0.25, 0.3) is 10.0 Å². The fourth-order valence-electron chi connectivity index (χ4n) is 3.45. The molecule has 0 saturated carbocycles. The topological polar surface area (TPSA) is 87.6 Å². The van der Waals surface area contributed by atoms with E-state index in [0.717, 1.165) is 36.1 Å². The number of benzene rings is 2. The Hall–Kier alpha value is -2.97. The molecule has 6 nitrogen and oxygen atoms in total. The summed E-state index contributed by atoms with van der Waals surface area (Å²) in [5.74, 6) is 0.394. The normalized spacial score (nSPS) is 15.4. The average molecular weight is 454 g/mol. The molecule has 2 N–H and O–H groups in total. The summed E-state index contributed by atoms with van der Waals surface area (Å²) >= 11 is 1.65. The number of fused-ring (bicyclic) bond motifs is 1. The zero-order valence-corrected chi connectivity index (χ0v) is 18.5. The number of hydrogen-bond acceptors (Lipinski definition) is 5. The van der Waals surface area contributed by atoms with Gasteiger partial charge in [0, 0.05) is 24.2 Å². The number of thiophene rings is 1. The minimum atomic E-state index is -3.49. The standard InChI is InChI=1S/C23H23N3O3S2/c27-22(25-19-8-6-7-17(15-19)18-12-14-30-16-18)11-2-1-5-13-24-23-20-9-3-4-10-21(20)31(28,29)26-23/h3-4,6-10,12,14-16H,1-2,5,11,13H2,(H,24,26)(H,25,27). The SMILES string of the molecule is O=C(CCCCCN=C1NS(=O)(=O)c2ccccc21)Nc1cccc(-c2ccsc2)c1. The van der Waals surface area contributed by atoms with Crippen molar-refractivity contribution in [2.75, 3.05) is 11.9 Å². The molecule has 160 valence electrons. The molecule has 1 aliphatic heterocycles. The van der Waals surface area contributed by atoms with Crippen molar-refractivity contribution in [1.29, 1.82) is 0 Å². The van der Waals surface area contributed by atoms with Gasteiger partial charge >= 0.3 is 0 Å². The van der Waals surface area contributed by atoms with Crippen LogP contribution in [0.5, 0.6) is 0 Å². The van der Waals surface area contributed by atoms with Crippen molar-refractivity contribution in [2.45, 2.75) is 30.6 Å². The molecule has 0 radical (unpaired) electrons. The van der Waals surface area contributed by atoms with Gasteiger partial charge in [0.1, 0.15) is 5.84 Å². The number of rotatable bonds is 8. The number of amidine groups is 1. The van der Waals surface area contributed by atoms with Crippen molar-refractivity contribution in [2.24, 2.45) is 4.99 Å². The molecule has 0 spiro atoms. The maximum atomic E-state index is 12.2. The number of hydrogen-bond donors (Lipinski definition) is 2. The van der Waals surface area contributed by atoms with Gasteiger partial charge in [0.15, 0.2) is 0 Å². The predicted octanol–water partition coefficient (Wildman–Crippen LogP) is 4.65. The fourth-order valence-corrected chi connectivity index (χ4v) is 5.36. The maximum Gasteiger partial charge on any atom is 0.263 e. The molecule has 0 atom stereocenters. The summed E-state index contributed by atoms with van der Waals surface area (Å²) in [4.78, 5) is 16.9. The number of carbonyl (C=O) groups excluding carboxylic acids is 1. The Labute approximate surface area is 186 Å². The highest BCUT2D eigenvalue weighted by molar-refractivity contribution is 7.90. The van der Waals surface area contributed by atoms with E-state index in [1.165, 1.54) is 0 Å². The summed E-state index contributed by atoms with van der Waals surface area (Å²) in [6, 6.07) is 16.7. The van der Waals surface area contributed by atoms with Crippen LogP contribution < -0.4 is 10.0 Å². The van der Waals surface area contributed by atoms with Crippen LogP contribution in [0.15, 0.2) is 75.2 Å². The zero-order valence-electron chi connectivity index (χ0n) is 16.9. The molecule has 2 aromatic carbocycles. The fraction of sp³-hybridized carbons (Fsp3) is 0.217. The van der Waals surface area contributed by atoms with Crippen LogP contribution >= 0.6 is 11.3 Å². The molecule has 1 aromatic heterocycles. The summed E-state index contributed by atoms with van der Waals surface area (Å²) in [6.45, 7) is 0.510. The lowest BCUT2D eigenvalue weighted by Gasteiger charge is -2.07. The highest BCUT2D eigenvalue weighted by atomic mass is 32.2. The van der Waals surface area contributed by atoms with Gasteiger partial charge < -0.3 is 5.32 Å². The second-order valence-electron chi connectivity index (χ2n) is 7.28. The van der Waals surface area contributed by atoms with Crippen molar-refractivity contribution in [3.63, 3.8) is 0 Å². The highest BCUT2D eigenvalue weighted by Gasteiger charge is 2.29. The van der Waals surface area contributed by atoms with Crippen LogP contribution in [0.25, 0.3) is 11.1 Å². The van der Waals surface area contributed by atoms with Crippen LogP contribution in [0.1, 0.15) is 31.2 Å². The minimum Gasteiger partial charge on any atom is -0.326 e. The lowest BCUT2D eigenvalue weighted by Crippen LogP contribution is -2.22. The van der Waals surface area contributed by atoms with Gasteiger partial charge in [-0.3, -0.25) is 14.5 Å². The molecule has 0 saturated heterocycles. The van der Waals surface area contributed by atoms with Gasteiger partial charge in [0.2, 0.25) is 5.91 Å². The number of sulfonamides is 1. The summed E-state index contributed by atoms with van der Waals surface area (Å²) in [6.07, 6.45) is 2.82. The molecule has 3 aromatic rings. The van der Waals surface area contributed by atoms with Gasteiger partial charge in [-0.15, -0.1) is 0 Å². The molecule has 1 aliphatic rings. The first-order chi connectivity index (χ1) is 15.0. The van der Waals surface area contributed by atoms with E-state index >= 15 is 0 Å². The first-order valence-corrected chi connectivity index (χ1v) is 12.5. The Bertz CT molecular complexity index is 1200. The largest absolute Gasteiger partial charge is 0.326 e. The second kappa shape index (κ2) is 9.45. The molecule has 0 fully saturated rings.